The van der Waals surface area contributed by atoms with E-state index in [4.69, 9.17) is 0 Å². The molecule has 0 atom stereocenters. The highest BCUT2D eigenvalue weighted by molar-refractivity contribution is 9.10. The molecule has 0 bridgehead atoms. The Morgan fingerprint density at radius 1 is 1.31 bits per heavy atom. The summed E-state index contributed by atoms with van der Waals surface area (Å²) in [5.41, 5.74) is 1.00. The van der Waals surface area contributed by atoms with Crippen molar-refractivity contribution in [2.24, 2.45) is 0 Å². The highest BCUT2D eigenvalue weighted by Crippen LogP contribution is 2.17. The van der Waals surface area contributed by atoms with Crippen LogP contribution in [0.3, 0.4) is 0 Å². The van der Waals surface area contributed by atoms with Crippen molar-refractivity contribution in [2.45, 2.75) is 26.4 Å². The summed E-state index contributed by atoms with van der Waals surface area (Å²) in [4.78, 5) is 2.30. The second-order valence-electron chi connectivity index (χ2n) is 4.03. The monoisotopic (exact) mass is 351 g/mol. The average molecular weight is 353 g/mol. The zero-order valence-corrected chi connectivity index (χ0v) is 12.7. The lowest BCUT2D eigenvalue weighted by Gasteiger charge is -2.25. The minimum absolute atomic E-state index is 0.188. The summed E-state index contributed by atoms with van der Waals surface area (Å²) in [5.74, 6) is -0.188. The summed E-state index contributed by atoms with van der Waals surface area (Å²) < 4.78 is 14.0. The lowest BCUT2D eigenvalue weighted by atomic mass is 10.2. The van der Waals surface area contributed by atoms with E-state index in [9.17, 15) is 4.39 Å². The first kappa shape index (κ1) is 14.1. The SMILES string of the molecule is CC(C)N(CCBr)Cc1cc(F)cc(Br)c1. The topological polar surface area (TPSA) is 3.24 Å². The van der Waals surface area contributed by atoms with Crippen molar-refractivity contribution in [1.82, 2.24) is 4.90 Å². The molecule has 4 heteroatoms. The molecule has 16 heavy (non-hydrogen) atoms. The van der Waals surface area contributed by atoms with Crippen LogP contribution in [0.4, 0.5) is 4.39 Å². The number of alkyl halides is 1. The largest absolute Gasteiger partial charge is 0.296 e. The van der Waals surface area contributed by atoms with E-state index in [2.05, 4.69) is 50.6 Å². The van der Waals surface area contributed by atoms with Gasteiger partial charge in [-0.2, -0.15) is 0 Å². The van der Waals surface area contributed by atoms with E-state index in [-0.39, 0.29) is 5.82 Å². The van der Waals surface area contributed by atoms with E-state index in [1.165, 1.54) is 6.07 Å². The molecule has 0 saturated heterocycles. The molecule has 0 spiro atoms. The van der Waals surface area contributed by atoms with Gasteiger partial charge in [-0.05, 0) is 37.6 Å². The van der Waals surface area contributed by atoms with Gasteiger partial charge in [0.1, 0.15) is 5.82 Å². The Bertz CT molecular complexity index is 322. The third kappa shape index (κ3) is 4.52. The Kier molecular flexibility index (Phi) is 5.94. The molecule has 1 nitrogen and oxygen atoms in total. The molecule has 0 fully saturated rings. The van der Waals surface area contributed by atoms with Crippen LogP contribution in [-0.4, -0.2) is 22.8 Å². The number of hydrogen-bond donors (Lipinski definition) is 0. The van der Waals surface area contributed by atoms with Gasteiger partial charge >= 0.3 is 0 Å². The van der Waals surface area contributed by atoms with Crippen molar-refractivity contribution in [3.05, 3.63) is 34.1 Å². The molecule has 0 aliphatic rings. The van der Waals surface area contributed by atoms with Crippen LogP contribution < -0.4 is 0 Å². The Hall–Kier alpha value is 0.0700. The van der Waals surface area contributed by atoms with Gasteiger partial charge in [0.05, 0.1) is 0 Å². The van der Waals surface area contributed by atoms with Crippen molar-refractivity contribution in [1.29, 1.82) is 0 Å². The molecule has 90 valence electrons. The third-order valence-electron chi connectivity index (χ3n) is 2.41. The molecule has 0 amide bonds. The maximum Gasteiger partial charge on any atom is 0.124 e. The summed E-state index contributed by atoms with van der Waals surface area (Å²) in [6.45, 7) is 6.04. The summed E-state index contributed by atoms with van der Waals surface area (Å²) in [7, 11) is 0. The van der Waals surface area contributed by atoms with Crippen LogP contribution in [0.2, 0.25) is 0 Å². The highest BCUT2D eigenvalue weighted by Gasteiger charge is 2.10. The Morgan fingerprint density at radius 3 is 2.50 bits per heavy atom. The van der Waals surface area contributed by atoms with E-state index < -0.39 is 0 Å². The fourth-order valence-corrected chi connectivity index (χ4v) is 2.53. The molecule has 0 aromatic heterocycles. The van der Waals surface area contributed by atoms with Gasteiger partial charge in [0.25, 0.3) is 0 Å². The van der Waals surface area contributed by atoms with Crippen LogP contribution >= 0.6 is 31.9 Å². The van der Waals surface area contributed by atoms with E-state index in [1.54, 1.807) is 6.07 Å². The normalized spacial score (nSPS) is 11.4. The van der Waals surface area contributed by atoms with E-state index in [1.807, 2.05) is 6.07 Å². The molecular weight excluding hydrogens is 337 g/mol. The van der Waals surface area contributed by atoms with Gasteiger partial charge in [-0.15, -0.1) is 0 Å². The van der Waals surface area contributed by atoms with Crippen molar-refractivity contribution in [2.75, 3.05) is 11.9 Å². The third-order valence-corrected chi connectivity index (χ3v) is 3.22. The quantitative estimate of drug-likeness (QED) is 0.718. The van der Waals surface area contributed by atoms with E-state index in [0.29, 0.717) is 6.04 Å². The number of hydrogen-bond acceptors (Lipinski definition) is 1. The standard InChI is InChI=1S/C12H16Br2FN/c1-9(2)16(4-3-13)8-10-5-11(14)7-12(15)6-10/h5-7,9H,3-4,8H2,1-2H3. The van der Waals surface area contributed by atoms with Gasteiger partial charge in [-0.25, -0.2) is 4.39 Å². The predicted molar refractivity (Wildman–Crippen MR) is 73.4 cm³/mol. The highest BCUT2D eigenvalue weighted by atomic mass is 79.9. The maximum atomic E-state index is 13.2. The molecule has 0 heterocycles. The van der Waals surface area contributed by atoms with Crippen LogP contribution in [0.1, 0.15) is 19.4 Å². The molecule has 1 aromatic carbocycles. The number of halogens is 3. The van der Waals surface area contributed by atoms with Gasteiger partial charge in [-0.1, -0.05) is 31.9 Å². The number of rotatable bonds is 5. The first-order chi connectivity index (χ1) is 7.52. The van der Waals surface area contributed by atoms with Crippen molar-refractivity contribution in [3.8, 4) is 0 Å². The molecule has 0 unspecified atom stereocenters. The predicted octanol–water partition coefficient (Wildman–Crippen LogP) is 4.19. The van der Waals surface area contributed by atoms with E-state index >= 15 is 0 Å². The fraction of sp³-hybridized carbons (Fsp3) is 0.500. The lowest BCUT2D eigenvalue weighted by Crippen LogP contribution is -2.32. The zero-order valence-electron chi connectivity index (χ0n) is 9.51. The summed E-state index contributed by atoms with van der Waals surface area (Å²) in [6.07, 6.45) is 0. The molecule has 0 saturated carbocycles. The second-order valence-corrected chi connectivity index (χ2v) is 5.74. The Balaban J connectivity index is 2.76. The minimum Gasteiger partial charge on any atom is -0.296 e. The average Bonchev–Trinajstić information content (AvgIpc) is 2.15. The molecular formula is C12H16Br2FN. The van der Waals surface area contributed by atoms with Gasteiger partial charge in [0, 0.05) is 28.9 Å². The summed E-state index contributed by atoms with van der Waals surface area (Å²) in [5, 5.41) is 0.932. The molecule has 0 aliphatic carbocycles. The molecule has 0 N–H and O–H groups in total. The van der Waals surface area contributed by atoms with Crippen molar-refractivity contribution >= 4 is 31.9 Å². The second kappa shape index (κ2) is 6.72. The molecule has 1 aromatic rings. The van der Waals surface area contributed by atoms with Gasteiger partial charge < -0.3 is 0 Å². The Labute approximate surface area is 113 Å². The molecule has 0 radical (unpaired) electrons. The summed E-state index contributed by atoms with van der Waals surface area (Å²) in [6, 6.07) is 5.49. The first-order valence-corrected chi connectivity index (χ1v) is 7.19. The maximum absolute atomic E-state index is 13.2. The van der Waals surface area contributed by atoms with Crippen LogP contribution in [-0.2, 0) is 6.54 Å². The Morgan fingerprint density at radius 2 is 2.00 bits per heavy atom. The fourth-order valence-electron chi connectivity index (χ4n) is 1.57. The summed E-state index contributed by atoms with van der Waals surface area (Å²) >= 11 is 6.75. The first-order valence-electron chi connectivity index (χ1n) is 5.28. The van der Waals surface area contributed by atoms with Crippen LogP contribution in [0.15, 0.2) is 22.7 Å². The lowest BCUT2D eigenvalue weighted by molar-refractivity contribution is 0.227. The van der Waals surface area contributed by atoms with Gasteiger partial charge in [0.2, 0.25) is 0 Å². The number of benzene rings is 1. The van der Waals surface area contributed by atoms with E-state index in [0.717, 1.165) is 28.5 Å². The van der Waals surface area contributed by atoms with Crippen molar-refractivity contribution < 1.29 is 4.39 Å². The zero-order chi connectivity index (χ0) is 12.1. The number of nitrogens with zero attached hydrogens (tertiary/aromatic N) is 1. The molecule has 0 aliphatic heterocycles. The minimum atomic E-state index is -0.188. The smallest absolute Gasteiger partial charge is 0.124 e. The molecule has 1 rings (SSSR count). The van der Waals surface area contributed by atoms with Crippen LogP contribution in [0.5, 0.6) is 0 Å². The van der Waals surface area contributed by atoms with Crippen molar-refractivity contribution in [3.63, 3.8) is 0 Å². The van der Waals surface area contributed by atoms with Gasteiger partial charge in [-0.3, -0.25) is 4.90 Å². The van der Waals surface area contributed by atoms with Gasteiger partial charge in [0.15, 0.2) is 0 Å². The van der Waals surface area contributed by atoms with Crippen LogP contribution in [0.25, 0.3) is 0 Å². The van der Waals surface area contributed by atoms with Crippen LogP contribution in [0, 0.1) is 5.82 Å².